The van der Waals surface area contributed by atoms with Gasteiger partial charge in [-0.05, 0) is 24.8 Å². The third-order valence-electron chi connectivity index (χ3n) is 2.88. The lowest BCUT2D eigenvalue weighted by molar-refractivity contribution is -0.163. The predicted molar refractivity (Wildman–Crippen MR) is 94.8 cm³/mol. The molecule has 0 amide bonds. The zero-order valence-electron chi connectivity index (χ0n) is 14.6. The van der Waals surface area contributed by atoms with Gasteiger partial charge in [-0.15, -0.1) is 0 Å². The van der Waals surface area contributed by atoms with Crippen LogP contribution in [0.2, 0.25) is 0 Å². The van der Waals surface area contributed by atoms with Crippen LogP contribution in [0.15, 0.2) is 30.3 Å². The Kier molecular flexibility index (Phi) is 10.9. The number of rotatable bonds is 7. The number of ether oxygens (including phenoxy) is 1. The summed E-state index contributed by atoms with van der Waals surface area (Å²) < 4.78 is 15.3. The summed E-state index contributed by atoms with van der Waals surface area (Å²) in [6.07, 6.45) is 1.07. The summed E-state index contributed by atoms with van der Waals surface area (Å²) in [5.74, 6) is -0.887. The molecule has 0 aliphatic heterocycles. The van der Waals surface area contributed by atoms with E-state index in [1.54, 1.807) is 6.26 Å². The Labute approximate surface area is 145 Å². The average molecular weight is 357 g/mol. The standard InChI is InChI=1S/C9H17NO4.C8H10OS/c1-5(2)4-7(10)9(13)14-6(3)8(11)12;1-10(9)7-8-5-3-2-4-6-8/h5-7H,4,10H2,1-3H3,(H,11,12);2-6H,7H2,1H3/t6-,7-;/m0./s1. The van der Waals surface area contributed by atoms with Gasteiger partial charge in [0.15, 0.2) is 6.10 Å². The molecule has 3 atom stereocenters. The van der Waals surface area contributed by atoms with E-state index in [0.717, 1.165) is 5.56 Å². The van der Waals surface area contributed by atoms with Crippen molar-refractivity contribution >= 4 is 22.7 Å². The van der Waals surface area contributed by atoms with E-state index in [1.807, 2.05) is 44.2 Å². The fourth-order valence-corrected chi connectivity index (χ4v) is 2.39. The summed E-state index contributed by atoms with van der Waals surface area (Å²) in [6.45, 7) is 5.14. The van der Waals surface area contributed by atoms with Crippen molar-refractivity contribution in [3.63, 3.8) is 0 Å². The van der Waals surface area contributed by atoms with Crippen LogP contribution in [0.1, 0.15) is 32.8 Å². The summed E-state index contributed by atoms with van der Waals surface area (Å²) in [6, 6.07) is 9.12. The largest absolute Gasteiger partial charge is 0.479 e. The summed E-state index contributed by atoms with van der Waals surface area (Å²) in [7, 11) is -0.717. The highest BCUT2D eigenvalue weighted by Gasteiger charge is 2.22. The maximum atomic E-state index is 11.2. The van der Waals surface area contributed by atoms with Crippen molar-refractivity contribution in [2.24, 2.45) is 11.7 Å². The van der Waals surface area contributed by atoms with Gasteiger partial charge in [-0.1, -0.05) is 44.2 Å². The number of carbonyl (C=O) groups excluding carboxylic acids is 1. The van der Waals surface area contributed by atoms with Crippen molar-refractivity contribution in [3.05, 3.63) is 35.9 Å². The number of nitrogens with two attached hydrogens (primary N) is 1. The molecule has 0 saturated heterocycles. The van der Waals surface area contributed by atoms with E-state index in [-0.39, 0.29) is 5.92 Å². The minimum atomic E-state index is -1.17. The molecule has 24 heavy (non-hydrogen) atoms. The van der Waals surface area contributed by atoms with Crippen LogP contribution < -0.4 is 5.73 Å². The Hall–Kier alpha value is -1.73. The van der Waals surface area contributed by atoms with Gasteiger partial charge < -0.3 is 15.6 Å². The highest BCUT2D eigenvalue weighted by molar-refractivity contribution is 7.83. The lowest BCUT2D eigenvalue weighted by atomic mass is 10.1. The first-order chi connectivity index (χ1) is 11.1. The van der Waals surface area contributed by atoms with Crippen molar-refractivity contribution in [1.29, 1.82) is 0 Å². The molecule has 1 aromatic rings. The fraction of sp³-hybridized carbons (Fsp3) is 0.529. The Balaban J connectivity index is 0.000000463. The predicted octanol–water partition coefficient (Wildman–Crippen LogP) is 1.94. The van der Waals surface area contributed by atoms with Crippen molar-refractivity contribution in [2.45, 2.75) is 45.1 Å². The Morgan fingerprint density at radius 1 is 1.21 bits per heavy atom. The van der Waals surface area contributed by atoms with Crippen LogP contribution >= 0.6 is 0 Å². The molecular weight excluding hydrogens is 330 g/mol. The molecular formula is C17H27NO5S. The number of carbonyl (C=O) groups is 2. The number of carboxylic acids is 1. The molecule has 0 fully saturated rings. The summed E-state index contributed by atoms with van der Waals surface area (Å²) in [5, 5.41) is 8.48. The highest BCUT2D eigenvalue weighted by Crippen LogP contribution is 2.05. The maximum absolute atomic E-state index is 11.2. The van der Waals surface area contributed by atoms with Gasteiger partial charge in [-0.2, -0.15) is 0 Å². The van der Waals surface area contributed by atoms with E-state index in [2.05, 4.69) is 4.74 Å². The lowest BCUT2D eigenvalue weighted by Crippen LogP contribution is -2.37. The SMILES string of the molecule is CC(C)C[C@H](N)C(=O)O[C@@H](C)C(=O)O.CS(=O)Cc1ccccc1. The van der Waals surface area contributed by atoms with Crippen molar-refractivity contribution < 1.29 is 23.6 Å². The van der Waals surface area contributed by atoms with Crippen LogP contribution in [-0.4, -0.2) is 39.7 Å². The van der Waals surface area contributed by atoms with Gasteiger partial charge >= 0.3 is 11.9 Å². The maximum Gasteiger partial charge on any atom is 0.344 e. The Morgan fingerprint density at radius 2 is 1.75 bits per heavy atom. The number of benzene rings is 1. The van der Waals surface area contributed by atoms with E-state index in [4.69, 9.17) is 10.8 Å². The van der Waals surface area contributed by atoms with Gasteiger partial charge in [0.25, 0.3) is 0 Å². The number of hydrogen-bond donors (Lipinski definition) is 2. The van der Waals surface area contributed by atoms with E-state index in [1.165, 1.54) is 6.92 Å². The van der Waals surface area contributed by atoms with Crippen LogP contribution in [0, 0.1) is 5.92 Å². The third-order valence-corrected chi connectivity index (χ3v) is 3.62. The van der Waals surface area contributed by atoms with Gasteiger partial charge in [-0.25, -0.2) is 4.79 Å². The number of hydrogen-bond acceptors (Lipinski definition) is 5. The van der Waals surface area contributed by atoms with E-state index in [0.29, 0.717) is 12.2 Å². The second kappa shape index (κ2) is 11.8. The number of carboxylic acid groups (broad SMARTS) is 1. The van der Waals surface area contributed by atoms with Gasteiger partial charge in [0.05, 0.1) is 0 Å². The van der Waals surface area contributed by atoms with Crippen LogP contribution in [0.4, 0.5) is 0 Å². The quantitative estimate of drug-likeness (QED) is 0.722. The minimum Gasteiger partial charge on any atom is -0.479 e. The van der Waals surface area contributed by atoms with Crippen LogP contribution in [0.25, 0.3) is 0 Å². The molecule has 136 valence electrons. The monoisotopic (exact) mass is 357 g/mol. The average Bonchev–Trinajstić information content (AvgIpc) is 2.47. The molecule has 0 bridgehead atoms. The van der Waals surface area contributed by atoms with E-state index >= 15 is 0 Å². The van der Waals surface area contributed by atoms with Crippen molar-refractivity contribution in [3.8, 4) is 0 Å². The molecule has 0 aliphatic rings. The van der Waals surface area contributed by atoms with Crippen LogP contribution in [0.3, 0.4) is 0 Å². The topological polar surface area (TPSA) is 107 Å². The minimum absolute atomic E-state index is 0.276. The zero-order chi connectivity index (χ0) is 18.7. The summed E-state index contributed by atoms with van der Waals surface area (Å²) >= 11 is 0. The Morgan fingerprint density at radius 3 is 2.17 bits per heavy atom. The number of aliphatic carboxylic acids is 1. The molecule has 1 unspecified atom stereocenters. The zero-order valence-corrected chi connectivity index (χ0v) is 15.4. The van der Waals surface area contributed by atoms with Gasteiger partial charge in [0.2, 0.25) is 0 Å². The normalized spacial score (nSPS) is 14.1. The Bertz CT molecular complexity index is 533. The first-order valence-corrected chi connectivity index (χ1v) is 9.39. The summed E-state index contributed by atoms with van der Waals surface area (Å²) in [4.78, 5) is 21.5. The first-order valence-electron chi connectivity index (χ1n) is 7.66. The third kappa shape index (κ3) is 10.9. The summed E-state index contributed by atoms with van der Waals surface area (Å²) in [5.41, 5.74) is 6.64. The first kappa shape index (κ1) is 22.3. The van der Waals surface area contributed by atoms with Crippen molar-refractivity contribution in [1.82, 2.24) is 0 Å². The highest BCUT2D eigenvalue weighted by atomic mass is 32.2. The van der Waals surface area contributed by atoms with Crippen molar-refractivity contribution in [2.75, 3.05) is 6.26 Å². The molecule has 0 aliphatic carbocycles. The second-order valence-corrected chi connectivity index (χ2v) is 7.29. The smallest absolute Gasteiger partial charge is 0.344 e. The lowest BCUT2D eigenvalue weighted by Gasteiger charge is -2.15. The molecule has 1 rings (SSSR count). The second-order valence-electron chi connectivity index (χ2n) is 5.86. The molecule has 6 nitrogen and oxygen atoms in total. The molecule has 0 heterocycles. The fourth-order valence-electron chi connectivity index (χ4n) is 1.73. The van der Waals surface area contributed by atoms with E-state index < -0.39 is 34.9 Å². The number of esters is 1. The molecule has 7 heteroatoms. The van der Waals surface area contributed by atoms with Gasteiger partial charge in [0, 0.05) is 22.8 Å². The molecule has 0 saturated carbocycles. The molecule has 0 spiro atoms. The van der Waals surface area contributed by atoms with Gasteiger partial charge in [0.1, 0.15) is 6.04 Å². The van der Waals surface area contributed by atoms with Gasteiger partial charge in [-0.3, -0.25) is 9.00 Å². The van der Waals surface area contributed by atoms with Crippen LogP contribution in [-0.2, 0) is 30.9 Å². The molecule has 3 N–H and O–H groups in total. The molecule has 0 aromatic heterocycles. The van der Waals surface area contributed by atoms with Crippen LogP contribution in [0.5, 0.6) is 0 Å². The van der Waals surface area contributed by atoms with E-state index in [9.17, 15) is 13.8 Å². The molecule has 1 aromatic carbocycles. The molecule has 0 radical (unpaired) electrons.